The lowest BCUT2D eigenvalue weighted by Gasteiger charge is -2.16. The number of imidazole rings is 1. The van der Waals surface area contributed by atoms with Gasteiger partial charge in [-0.3, -0.25) is 4.79 Å². The molecule has 0 aliphatic heterocycles. The maximum Gasteiger partial charge on any atom is 0.258 e. The Bertz CT molecular complexity index is 1140. The van der Waals surface area contributed by atoms with E-state index >= 15 is 0 Å². The second-order valence-corrected chi connectivity index (χ2v) is 7.69. The van der Waals surface area contributed by atoms with Crippen LogP contribution in [-0.2, 0) is 17.9 Å². The van der Waals surface area contributed by atoms with Crippen LogP contribution in [0.3, 0.4) is 0 Å². The minimum Gasteiger partial charge on any atom is -0.483 e. The summed E-state index contributed by atoms with van der Waals surface area (Å²) < 4.78 is 5.87. The molecule has 6 heteroatoms. The first-order valence-corrected chi connectivity index (χ1v) is 10.2. The van der Waals surface area contributed by atoms with Crippen LogP contribution in [0, 0.1) is 0 Å². The first kappa shape index (κ1) is 20.6. The lowest BCUT2D eigenvalue weighted by molar-refractivity contribution is -0.123. The van der Waals surface area contributed by atoms with Crippen LogP contribution in [0.2, 0.25) is 0 Å². The predicted molar refractivity (Wildman–Crippen MR) is 123 cm³/mol. The van der Waals surface area contributed by atoms with Gasteiger partial charge >= 0.3 is 0 Å². The number of nitrogens with zero attached hydrogens (tertiary/aromatic N) is 2. The summed E-state index contributed by atoms with van der Waals surface area (Å²) in [6.45, 7) is 0.996. The Balaban J connectivity index is 1.39. The topological polar surface area (TPSA) is 70.2 Å². The van der Waals surface area contributed by atoms with Gasteiger partial charge in [0.05, 0.1) is 17.6 Å². The summed E-state index contributed by atoms with van der Waals surface area (Å²) in [5.41, 5.74) is 5.15. The Morgan fingerprint density at radius 1 is 1.00 bits per heavy atom. The predicted octanol–water partition coefficient (Wildman–Crippen LogP) is 3.99. The van der Waals surface area contributed by atoms with Gasteiger partial charge in [0.15, 0.2) is 6.61 Å². The highest BCUT2D eigenvalue weighted by Gasteiger charge is 2.11. The number of para-hydroxylation sites is 2. The van der Waals surface area contributed by atoms with Crippen molar-refractivity contribution in [2.75, 3.05) is 20.7 Å². The van der Waals surface area contributed by atoms with Crippen molar-refractivity contribution in [1.29, 1.82) is 0 Å². The summed E-state index contributed by atoms with van der Waals surface area (Å²) in [5.74, 6) is 1.24. The number of hydrogen-bond donors (Lipinski definition) is 2. The molecule has 0 aliphatic carbocycles. The number of fused-ring (bicyclic) bond motifs is 1. The Hall–Kier alpha value is -3.64. The maximum absolute atomic E-state index is 12.3. The van der Waals surface area contributed by atoms with Crippen LogP contribution in [0.25, 0.3) is 22.2 Å². The number of amides is 1. The second kappa shape index (κ2) is 9.45. The van der Waals surface area contributed by atoms with E-state index in [1.165, 1.54) is 0 Å². The minimum absolute atomic E-state index is 0.0503. The zero-order chi connectivity index (χ0) is 21.6. The lowest BCUT2D eigenvalue weighted by atomic mass is 10.0. The van der Waals surface area contributed by atoms with Crippen molar-refractivity contribution < 1.29 is 9.53 Å². The third-order valence-electron chi connectivity index (χ3n) is 4.90. The molecule has 0 aliphatic rings. The molecule has 3 aromatic carbocycles. The van der Waals surface area contributed by atoms with Crippen LogP contribution in [0.1, 0.15) is 11.4 Å². The van der Waals surface area contributed by atoms with E-state index in [0.717, 1.165) is 40.1 Å². The number of nitrogens with one attached hydrogen (secondary N) is 2. The molecule has 0 saturated heterocycles. The lowest BCUT2D eigenvalue weighted by Crippen LogP contribution is -2.29. The Kier molecular flexibility index (Phi) is 6.29. The summed E-state index contributed by atoms with van der Waals surface area (Å²) in [7, 11) is 4.03. The number of benzene rings is 3. The molecule has 31 heavy (non-hydrogen) atoms. The third-order valence-corrected chi connectivity index (χ3v) is 4.90. The molecular formula is C25H26N4O2. The molecule has 0 unspecified atom stereocenters. The van der Waals surface area contributed by atoms with Gasteiger partial charge in [0.1, 0.15) is 11.6 Å². The van der Waals surface area contributed by atoms with E-state index in [-0.39, 0.29) is 12.5 Å². The molecule has 0 atom stereocenters. The summed E-state index contributed by atoms with van der Waals surface area (Å²) in [6, 6.07) is 24.1. The molecule has 158 valence electrons. The van der Waals surface area contributed by atoms with Gasteiger partial charge in [0.2, 0.25) is 0 Å². The number of carbonyl (C=O) groups is 1. The van der Waals surface area contributed by atoms with Crippen molar-refractivity contribution in [3.63, 3.8) is 0 Å². The molecule has 0 radical (unpaired) electrons. The molecule has 4 aromatic rings. The van der Waals surface area contributed by atoms with Crippen LogP contribution in [-0.4, -0.2) is 41.5 Å². The first-order valence-electron chi connectivity index (χ1n) is 10.2. The van der Waals surface area contributed by atoms with Crippen LogP contribution in [0.5, 0.6) is 5.75 Å². The minimum atomic E-state index is -0.191. The summed E-state index contributed by atoms with van der Waals surface area (Å²) >= 11 is 0. The first-order chi connectivity index (χ1) is 15.1. The number of ether oxygens (including phenoxy) is 1. The Morgan fingerprint density at radius 3 is 2.55 bits per heavy atom. The maximum atomic E-state index is 12.3. The number of carbonyl (C=O) groups excluding carboxylic acids is 1. The number of H-pyrrole nitrogens is 1. The van der Waals surface area contributed by atoms with Gasteiger partial charge in [-0.15, -0.1) is 0 Å². The number of rotatable bonds is 8. The summed E-state index contributed by atoms with van der Waals surface area (Å²) in [6.07, 6.45) is 0. The second-order valence-electron chi connectivity index (χ2n) is 7.69. The monoisotopic (exact) mass is 414 g/mol. The van der Waals surface area contributed by atoms with Gasteiger partial charge in [0.25, 0.3) is 5.91 Å². The standard InChI is InChI=1S/C25H26N4O2/c1-29(2)16-20-14-19(18-8-4-3-5-9-18)12-13-23(20)31-17-25(30)26-15-24-27-21-10-6-7-11-22(21)28-24/h3-14H,15-17H2,1-2H3,(H,26,30)(H,27,28). The van der Waals surface area contributed by atoms with Crippen molar-refractivity contribution in [2.24, 2.45) is 0 Å². The Morgan fingerprint density at radius 2 is 1.77 bits per heavy atom. The molecule has 0 spiro atoms. The summed E-state index contributed by atoms with van der Waals surface area (Å²) in [5, 5.41) is 2.86. The quantitative estimate of drug-likeness (QED) is 0.457. The fourth-order valence-electron chi connectivity index (χ4n) is 3.46. The molecule has 1 aromatic heterocycles. The highest BCUT2D eigenvalue weighted by atomic mass is 16.5. The number of hydrogen-bond acceptors (Lipinski definition) is 4. The van der Waals surface area contributed by atoms with Crippen LogP contribution in [0.15, 0.2) is 72.8 Å². The van der Waals surface area contributed by atoms with Gasteiger partial charge in [-0.25, -0.2) is 4.98 Å². The Labute approximate surface area is 181 Å². The van der Waals surface area contributed by atoms with Gasteiger partial charge < -0.3 is 19.9 Å². The fourth-order valence-corrected chi connectivity index (χ4v) is 3.46. The molecule has 1 heterocycles. The van der Waals surface area contributed by atoms with E-state index in [2.05, 4.69) is 38.4 Å². The third kappa shape index (κ3) is 5.29. The van der Waals surface area contributed by atoms with E-state index in [9.17, 15) is 4.79 Å². The molecular weight excluding hydrogens is 388 g/mol. The number of aromatic amines is 1. The molecule has 0 fully saturated rings. The SMILES string of the molecule is CN(C)Cc1cc(-c2ccccc2)ccc1OCC(=O)NCc1nc2ccccc2[nH]1. The van der Waals surface area contributed by atoms with E-state index in [1.54, 1.807) is 0 Å². The smallest absolute Gasteiger partial charge is 0.258 e. The molecule has 1 amide bonds. The molecule has 4 rings (SSSR count). The molecule has 0 bridgehead atoms. The van der Waals surface area contributed by atoms with E-state index in [4.69, 9.17) is 4.74 Å². The van der Waals surface area contributed by atoms with Gasteiger partial charge in [0, 0.05) is 12.1 Å². The van der Waals surface area contributed by atoms with E-state index in [1.807, 2.05) is 68.7 Å². The number of aromatic nitrogens is 2. The fraction of sp³-hybridized carbons (Fsp3) is 0.200. The summed E-state index contributed by atoms with van der Waals surface area (Å²) in [4.78, 5) is 22.1. The van der Waals surface area contributed by atoms with Crippen molar-refractivity contribution >= 4 is 16.9 Å². The largest absolute Gasteiger partial charge is 0.483 e. The van der Waals surface area contributed by atoms with Crippen LogP contribution >= 0.6 is 0 Å². The van der Waals surface area contributed by atoms with E-state index in [0.29, 0.717) is 12.3 Å². The van der Waals surface area contributed by atoms with Crippen molar-refractivity contribution in [3.05, 3.63) is 84.2 Å². The normalized spacial score (nSPS) is 11.1. The average Bonchev–Trinajstić information content (AvgIpc) is 3.20. The van der Waals surface area contributed by atoms with Crippen molar-refractivity contribution in [2.45, 2.75) is 13.1 Å². The zero-order valence-electron chi connectivity index (χ0n) is 17.8. The molecule has 0 saturated carbocycles. The van der Waals surface area contributed by atoms with Gasteiger partial charge in [-0.1, -0.05) is 48.5 Å². The molecule has 2 N–H and O–H groups in total. The van der Waals surface area contributed by atoms with Crippen molar-refractivity contribution in [3.8, 4) is 16.9 Å². The van der Waals surface area contributed by atoms with Crippen LogP contribution in [0.4, 0.5) is 0 Å². The zero-order valence-corrected chi connectivity index (χ0v) is 17.8. The van der Waals surface area contributed by atoms with Gasteiger partial charge in [-0.05, 0) is 49.5 Å². The average molecular weight is 415 g/mol. The van der Waals surface area contributed by atoms with Crippen molar-refractivity contribution in [1.82, 2.24) is 20.2 Å². The highest BCUT2D eigenvalue weighted by Crippen LogP contribution is 2.27. The van der Waals surface area contributed by atoms with Gasteiger partial charge in [-0.2, -0.15) is 0 Å². The van der Waals surface area contributed by atoms with Crippen LogP contribution < -0.4 is 10.1 Å². The highest BCUT2D eigenvalue weighted by molar-refractivity contribution is 5.78. The molecule has 6 nitrogen and oxygen atoms in total. The van der Waals surface area contributed by atoms with E-state index < -0.39 is 0 Å².